The van der Waals surface area contributed by atoms with Gasteiger partial charge in [0.1, 0.15) is 5.76 Å². The Labute approximate surface area is 136 Å². The van der Waals surface area contributed by atoms with Gasteiger partial charge in [0.25, 0.3) is 0 Å². The number of hydrogen-bond donors (Lipinski definition) is 0. The van der Waals surface area contributed by atoms with E-state index in [4.69, 9.17) is 13.9 Å². The van der Waals surface area contributed by atoms with Crippen molar-refractivity contribution in [2.75, 3.05) is 7.11 Å². The predicted molar refractivity (Wildman–Crippen MR) is 94.2 cm³/mol. The van der Waals surface area contributed by atoms with E-state index < -0.39 is 14.6 Å². The van der Waals surface area contributed by atoms with Gasteiger partial charge in [0, 0.05) is 7.11 Å². The number of hydrogen-bond acceptors (Lipinski definition) is 3. The molecule has 0 bridgehead atoms. The molecule has 2 atom stereocenters. The fourth-order valence-corrected chi connectivity index (χ4v) is 5.13. The van der Waals surface area contributed by atoms with E-state index in [2.05, 4.69) is 27.4 Å². The van der Waals surface area contributed by atoms with Crippen molar-refractivity contribution in [1.29, 1.82) is 0 Å². The maximum absolute atomic E-state index is 6.27. The van der Waals surface area contributed by atoms with Crippen LogP contribution in [-0.4, -0.2) is 21.7 Å². The molecule has 0 aliphatic carbocycles. The summed E-state index contributed by atoms with van der Waals surface area (Å²) < 4.78 is 17.7. The average Bonchev–Trinajstić information content (AvgIpc) is 2.58. The Morgan fingerprint density at radius 3 is 2.09 bits per heavy atom. The van der Waals surface area contributed by atoms with Gasteiger partial charge in [-0.25, -0.2) is 0 Å². The second kappa shape index (κ2) is 9.13. The van der Waals surface area contributed by atoms with E-state index in [0.717, 1.165) is 23.7 Å². The van der Waals surface area contributed by atoms with Gasteiger partial charge in [-0.3, -0.25) is 0 Å². The molecule has 1 rings (SSSR count). The molecule has 1 aromatic rings. The molecule has 0 radical (unpaired) electrons. The first-order valence-electron chi connectivity index (χ1n) is 8.12. The Morgan fingerprint density at radius 2 is 1.64 bits per heavy atom. The third kappa shape index (κ3) is 4.97. The van der Waals surface area contributed by atoms with Crippen LogP contribution in [0.4, 0.5) is 0 Å². The van der Waals surface area contributed by atoms with Gasteiger partial charge < -0.3 is 13.9 Å². The average molecular weight is 323 g/mol. The van der Waals surface area contributed by atoms with Crippen LogP contribution in [0, 0.1) is 0 Å². The van der Waals surface area contributed by atoms with Crippen molar-refractivity contribution in [2.45, 2.75) is 58.2 Å². The Hall–Kier alpha value is -1.10. The summed E-state index contributed by atoms with van der Waals surface area (Å²) in [5, 5.41) is 0. The zero-order valence-corrected chi connectivity index (χ0v) is 15.6. The fraction of sp³-hybridized carbons (Fsp3) is 0.556. The molecule has 3 nitrogen and oxygen atoms in total. The Morgan fingerprint density at radius 1 is 1.09 bits per heavy atom. The first-order valence-corrected chi connectivity index (χ1v) is 10.7. The van der Waals surface area contributed by atoms with Crippen LogP contribution in [-0.2, 0) is 13.9 Å². The van der Waals surface area contributed by atoms with E-state index in [1.54, 1.807) is 7.11 Å². The summed E-state index contributed by atoms with van der Waals surface area (Å²) in [5.74, 6) is 0.600. The van der Waals surface area contributed by atoms with Crippen molar-refractivity contribution in [3.05, 3.63) is 48.2 Å². The molecule has 0 amide bonds. The summed E-state index contributed by atoms with van der Waals surface area (Å²) in [7, 11) is -0.120. The summed E-state index contributed by atoms with van der Waals surface area (Å²) in [5.41, 5.74) is 1.11. The van der Waals surface area contributed by atoms with Crippen LogP contribution in [0.3, 0.4) is 0 Å². The molecule has 0 N–H and O–H groups in total. The standard InChI is InChI=1S/C18H30O3Si/c1-7-22(8-2,9-3)21-16(5)18(19-6)20-15(4)17-13-11-10-12-14-17/h10-15,18H,5,7-9H2,1-4,6H3. The SMILES string of the molecule is C=C(O[Si](CC)(CC)CC)C(OC)OC(C)c1ccccc1. The Balaban J connectivity index is 2.72. The third-order valence-corrected chi connectivity index (χ3v) is 8.92. The maximum atomic E-state index is 6.27. The lowest BCUT2D eigenvalue weighted by molar-refractivity contribution is -0.144. The van der Waals surface area contributed by atoms with E-state index in [9.17, 15) is 0 Å². The van der Waals surface area contributed by atoms with Crippen LogP contribution in [0.1, 0.15) is 39.4 Å². The van der Waals surface area contributed by atoms with Gasteiger partial charge in [0.2, 0.25) is 14.6 Å². The summed E-state index contributed by atoms with van der Waals surface area (Å²) in [6.45, 7) is 12.7. The molecule has 0 saturated heterocycles. The Kier molecular flexibility index (Phi) is 7.86. The molecule has 0 fully saturated rings. The van der Waals surface area contributed by atoms with E-state index >= 15 is 0 Å². The van der Waals surface area contributed by atoms with Crippen LogP contribution in [0.25, 0.3) is 0 Å². The minimum atomic E-state index is -1.75. The summed E-state index contributed by atoms with van der Waals surface area (Å²) >= 11 is 0. The molecule has 124 valence electrons. The van der Waals surface area contributed by atoms with E-state index in [0.29, 0.717) is 5.76 Å². The van der Waals surface area contributed by atoms with Gasteiger partial charge in [-0.1, -0.05) is 57.7 Å². The summed E-state index contributed by atoms with van der Waals surface area (Å²) in [4.78, 5) is 0. The molecule has 0 aromatic heterocycles. The van der Waals surface area contributed by atoms with E-state index in [-0.39, 0.29) is 6.10 Å². The zero-order valence-electron chi connectivity index (χ0n) is 14.6. The van der Waals surface area contributed by atoms with Crippen LogP contribution in [0.5, 0.6) is 0 Å². The molecule has 2 unspecified atom stereocenters. The zero-order chi connectivity index (χ0) is 16.6. The fourth-order valence-electron chi connectivity index (χ4n) is 2.54. The highest BCUT2D eigenvalue weighted by Crippen LogP contribution is 2.28. The van der Waals surface area contributed by atoms with Crippen LogP contribution in [0.2, 0.25) is 18.1 Å². The lowest BCUT2D eigenvalue weighted by atomic mass is 10.1. The number of ether oxygens (including phenoxy) is 2. The van der Waals surface area contributed by atoms with Crippen molar-refractivity contribution in [2.24, 2.45) is 0 Å². The molecule has 4 heteroatoms. The molecule has 22 heavy (non-hydrogen) atoms. The molecule has 0 saturated carbocycles. The highest BCUT2D eigenvalue weighted by Gasteiger charge is 2.33. The van der Waals surface area contributed by atoms with Crippen molar-refractivity contribution in [3.8, 4) is 0 Å². The second-order valence-corrected chi connectivity index (χ2v) is 10.3. The lowest BCUT2D eigenvalue weighted by Crippen LogP contribution is -2.38. The molecular weight excluding hydrogens is 292 g/mol. The predicted octanol–water partition coefficient (Wildman–Crippen LogP) is 5.27. The molecule has 0 aliphatic heterocycles. The second-order valence-electron chi connectivity index (χ2n) is 5.57. The van der Waals surface area contributed by atoms with Gasteiger partial charge in [-0.05, 0) is 30.6 Å². The first-order chi connectivity index (χ1) is 10.5. The minimum absolute atomic E-state index is 0.0764. The van der Waals surface area contributed by atoms with Crippen molar-refractivity contribution < 1.29 is 13.9 Å². The van der Waals surface area contributed by atoms with Crippen LogP contribution < -0.4 is 0 Å². The molecule has 0 aliphatic rings. The van der Waals surface area contributed by atoms with Crippen LogP contribution >= 0.6 is 0 Å². The van der Waals surface area contributed by atoms with Crippen LogP contribution in [0.15, 0.2) is 42.7 Å². The van der Waals surface area contributed by atoms with Gasteiger partial charge in [0.05, 0.1) is 6.10 Å². The molecule has 0 spiro atoms. The number of benzene rings is 1. The highest BCUT2D eigenvalue weighted by molar-refractivity contribution is 6.73. The monoisotopic (exact) mass is 322 g/mol. The maximum Gasteiger partial charge on any atom is 0.250 e. The largest absolute Gasteiger partial charge is 0.543 e. The summed E-state index contributed by atoms with van der Waals surface area (Å²) in [6, 6.07) is 13.3. The first kappa shape index (κ1) is 18.9. The van der Waals surface area contributed by atoms with Gasteiger partial charge in [-0.15, -0.1) is 0 Å². The lowest BCUT2D eigenvalue weighted by Gasteiger charge is -2.33. The quantitative estimate of drug-likeness (QED) is 0.333. The van der Waals surface area contributed by atoms with Crippen molar-refractivity contribution in [1.82, 2.24) is 0 Å². The van der Waals surface area contributed by atoms with E-state index in [1.807, 2.05) is 37.3 Å². The minimum Gasteiger partial charge on any atom is -0.543 e. The smallest absolute Gasteiger partial charge is 0.250 e. The van der Waals surface area contributed by atoms with Crippen molar-refractivity contribution in [3.63, 3.8) is 0 Å². The van der Waals surface area contributed by atoms with Gasteiger partial charge in [0.15, 0.2) is 0 Å². The Bertz CT molecular complexity index is 435. The number of methoxy groups -OCH3 is 1. The normalized spacial score (nSPS) is 14.4. The molecular formula is C18H30O3Si. The molecule has 0 heterocycles. The van der Waals surface area contributed by atoms with E-state index in [1.165, 1.54) is 0 Å². The molecule has 1 aromatic carbocycles. The van der Waals surface area contributed by atoms with Crippen molar-refractivity contribution >= 4 is 8.32 Å². The number of rotatable bonds is 10. The van der Waals surface area contributed by atoms with Gasteiger partial charge >= 0.3 is 0 Å². The summed E-state index contributed by atoms with van der Waals surface area (Å²) in [6.07, 6.45) is -0.612. The topological polar surface area (TPSA) is 27.7 Å². The third-order valence-electron chi connectivity index (χ3n) is 4.35. The highest BCUT2D eigenvalue weighted by atomic mass is 28.4. The van der Waals surface area contributed by atoms with Gasteiger partial charge in [-0.2, -0.15) is 0 Å².